The highest BCUT2D eigenvalue weighted by Gasteiger charge is 2.35. The van der Waals surface area contributed by atoms with Gasteiger partial charge in [-0.25, -0.2) is 0 Å². The lowest BCUT2D eigenvalue weighted by Gasteiger charge is -2.42. The summed E-state index contributed by atoms with van der Waals surface area (Å²) in [5, 5.41) is 9.41. The number of carbonyl (C=O) groups excluding carboxylic acids is 1. The van der Waals surface area contributed by atoms with Gasteiger partial charge in [-0.15, -0.1) is 10.8 Å². The van der Waals surface area contributed by atoms with Crippen molar-refractivity contribution < 1.29 is 28.1 Å². The zero-order valence-electron chi connectivity index (χ0n) is 22.6. The SMILES string of the molecule is CCC1CN(Cc2cc(C(CC(=O)OC)c3ccc(C#N)c(OC)c3)ccc2C)S(O)(O)c2ccccc2O1. The molecule has 2 N–H and O–H groups in total. The zero-order chi connectivity index (χ0) is 28.2. The van der Waals surface area contributed by atoms with Crippen molar-refractivity contribution in [3.8, 4) is 17.6 Å². The Morgan fingerprint density at radius 2 is 1.87 bits per heavy atom. The van der Waals surface area contributed by atoms with E-state index in [-0.39, 0.29) is 31.0 Å². The molecule has 0 saturated heterocycles. The van der Waals surface area contributed by atoms with Gasteiger partial charge >= 0.3 is 5.97 Å². The van der Waals surface area contributed by atoms with Gasteiger partial charge in [0.2, 0.25) is 0 Å². The van der Waals surface area contributed by atoms with Crippen LogP contribution in [-0.2, 0) is 16.1 Å². The van der Waals surface area contributed by atoms with Crippen LogP contribution in [0.3, 0.4) is 0 Å². The molecule has 1 aliphatic rings. The molecule has 0 bridgehead atoms. The molecule has 2 atom stereocenters. The Hall–Kier alpha value is -3.55. The Labute approximate surface area is 231 Å². The molecule has 4 rings (SSSR count). The van der Waals surface area contributed by atoms with Gasteiger partial charge in [-0.05, 0) is 59.9 Å². The van der Waals surface area contributed by atoms with Crippen LogP contribution in [0.5, 0.6) is 11.5 Å². The summed E-state index contributed by atoms with van der Waals surface area (Å²) in [5.74, 6) is 0.187. The molecule has 0 aliphatic carbocycles. The van der Waals surface area contributed by atoms with Crippen molar-refractivity contribution in [2.45, 2.75) is 50.2 Å². The number of esters is 1. The molecule has 206 valence electrons. The van der Waals surface area contributed by atoms with Crippen molar-refractivity contribution in [3.63, 3.8) is 0 Å². The van der Waals surface area contributed by atoms with Crippen LogP contribution >= 0.6 is 10.8 Å². The lowest BCUT2D eigenvalue weighted by molar-refractivity contribution is -0.140. The quantitative estimate of drug-likeness (QED) is 0.316. The predicted octanol–water partition coefficient (Wildman–Crippen LogP) is 6.27. The number of nitriles is 1. The molecule has 0 fully saturated rings. The highest BCUT2D eigenvalue weighted by molar-refractivity contribution is 8.22. The van der Waals surface area contributed by atoms with Crippen LogP contribution in [0.1, 0.15) is 53.5 Å². The number of ether oxygens (including phenoxy) is 3. The lowest BCUT2D eigenvalue weighted by Crippen LogP contribution is -2.34. The second-order valence-electron chi connectivity index (χ2n) is 9.53. The first-order valence-electron chi connectivity index (χ1n) is 12.7. The van der Waals surface area contributed by atoms with E-state index in [1.807, 2.05) is 44.2 Å². The summed E-state index contributed by atoms with van der Waals surface area (Å²) in [4.78, 5) is 12.8. The van der Waals surface area contributed by atoms with Crippen molar-refractivity contribution >= 4 is 16.7 Å². The summed E-state index contributed by atoms with van der Waals surface area (Å²) < 4.78 is 41.1. The van der Waals surface area contributed by atoms with Crippen molar-refractivity contribution in [3.05, 3.63) is 88.5 Å². The van der Waals surface area contributed by atoms with E-state index >= 15 is 0 Å². The second-order valence-corrected chi connectivity index (χ2v) is 11.5. The van der Waals surface area contributed by atoms with Crippen molar-refractivity contribution in [1.82, 2.24) is 4.31 Å². The van der Waals surface area contributed by atoms with E-state index in [1.165, 1.54) is 14.2 Å². The van der Waals surface area contributed by atoms with E-state index in [0.29, 0.717) is 34.9 Å². The molecule has 3 aromatic rings. The molecule has 0 aromatic heterocycles. The van der Waals surface area contributed by atoms with Gasteiger partial charge in [-0.1, -0.05) is 43.3 Å². The second kappa shape index (κ2) is 12.1. The average molecular weight is 551 g/mol. The summed E-state index contributed by atoms with van der Waals surface area (Å²) in [6.45, 7) is 4.61. The Morgan fingerprint density at radius 3 is 2.56 bits per heavy atom. The number of hydrogen-bond acceptors (Lipinski definition) is 8. The maximum Gasteiger partial charge on any atom is 0.306 e. The Morgan fingerprint density at radius 1 is 1.15 bits per heavy atom. The van der Waals surface area contributed by atoms with Gasteiger partial charge in [-0.2, -0.15) is 9.57 Å². The third-order valence-corrected chi connectivity index (χ3v) is 9.06. The third-order valence-electron chi connectivity index (χ3n) is 7.13. The van der Waals surface area contributed by atoms with Crippen LogP contribution in [0.2, 0.25) is 0 Å². The first-order chi connectivity index (χ1) is 18.7. The number of aryl methyl sites for hydroxylation is 1. The Bertz CT molecular complexity index is 1390. The number of methoxy groups -OCH3 is 2. The number of fused-ring (bicyclic) bond motifs is 1. The molecule has 2 unspecified atom stereocenters. The zero-order valence-corrected chi connectivity index (χ0v) is 23.4. The Balaban J connectivity index is 1.74. The molecule has 0 amide bonds. The number of carbonyl (C=O) groups is 1. The van der Waals surface area contributed by atoms with E-state index < -0.39 is 10.8 Å². The molecule has 39 heavy (non-hydrogen) atoms. The normalized spacial score (nSPS) is 18.0. The van der Waals surface area contributed by atoms with Gasteiger partial charge in [0.25, 0.3) is 0 Å². The van der Waals surface area contributed by atoms with E-state index in [2.05, 4.69) is 6.07 Å². The highest BCUT2D eigenvalue weighted by Crippen LogP contribution is 2.57. The van der Waals surface area contributed by atoms with Gasteiger partial charge in [0.05, 0.1) is 32.7 Å². The molecule has 0 radical (unpaired) electrons. The molecule has 8 nitrogen and oxygen atoms in total. The predicted molar refractivity (Wildman–Crippen MR) is 150 cm³/mol. The standard InChI is InChI=1S/C30H34N2O6S/c1-5-25-19-32(39(34,35)29-9-7-6-8-27(29)38-25)18-24-14-21(11-10-20(24)2)26(16-30(33)37-4)22-12-13-23(17-31)28(15-22)36-3/h6-15,25-26,34-35H,5,16,18-19H2,1-4H3. The molecule has 1 aliphatic heterocycles. The van der Waals surface area contributed by atoms with Crippen LogP contribution in [0, 0.1) is 18.3 Å². The fourth-order valence-electron chi connectivity index (χ4n) is 4.79. The van der Waals surface area contributed by atoms with Gasteiger partial charge in [0, 0.05) is 12.5 Å². The summed E-state index contributed by atoms with van der Waals surface area (Å²) in [6, 6.07) is 20.4. The van der Waals surface area contributed by atoms with Crippen molar-refractivity contribution in [2.24, 2.45) is 0 Å². The van der Waals surface area contributed by atoms with Crippen LogP contribution in [-0.4, -0.2) is 46.2 Å². The van der Waals surface area contributed by atoms with Gasteiger partial charge in [0.1, 0.15) is 28.6 Å². The number of benzene rings is 3. The first kappa shape index (κ1) is 28.5. The monoisotopic (exact) mass is 550 g/mol. The van der Waals surface area contributed by atoms with Crippen molar-refractivity contribution in [2.75, 3.05) is 20.8 Å². The minimum atomic E-state index is -3.32. The fraction of sp³-hybridized carbons (Fsp3) is 0.333. The number of nitrogens with zero attached hydrogens (tertiary/aromatic N) is 2. The number of para-hydroxylation sites is 1. The molecule has 0 saturated carbocycles. The maximum absolute atomic E-state index is 12.4. The largest absolute Gasteiger partial charge is 0.495 e. The van der Waals surface area contributed by atoms with Gasteiger partial charge in [0.15, 0.2) is 0 Å². The van der Waals surface area contributed by atoms with E-state index in [4.69, 9.17) is 14.2 Å². The van der Waals surface area contributed by atoms with E-state index in [0.717, 1.165) is 22.3 Å². The summed E-state index contributed by atoms with van der Waals surface area (Å²) in [7, 11) is -0.456. The van der Waals surface area contributed by atoms with Crippen LogP contribution < -0.4 is 9.47 Å². The van der Waals surface area contributed by atoms with Crippen molar-refractivity contribution in [1.29, 1.82) is 5.26 Å². The maximum atomic E-state index is 12.4. The third kappa shape index (κ3) is 6.05. The first-order valence-corrected chi connectivity index (χ1v) is 14.3. The smallest absolute Gasteiger partial charge is 0.306 e. The van der Waals surface area contributed by atoms with E-state index in [9.17, 15) is 19.2 Å². The fourth-order valence-corrected chi connectivity index (χ4v) is 6.41. The summed E-state index contributed by atoms with van der Waals surface area (Å²) in [6.07, 6.45) is 0.592. The molecular formula is C30H34N2O6S. The van der Waals surface area contributed by atoms with Crippen LogP contribution in [0.15, 0.2) is 65.6 Å². The van der Waals surface area contributed by atoms with Crippen LogP contribution in [0.25, 0.3) is 0 Å². The molecule has 3 aromatic carbocycles. The molecular weight excluding hydrogens is 516 g/mol. The molecule has 9 heteroatoms. The van der Waals surface area contributed by atoms with Crippen LogP contribution in [0.4, 0.5) is 0 Å². The molecule has 1 heterocycles. The highest BCUT2D eigenvalue weighted by atomic mass is 32.3. The minimum absolute atomic E-state index is 0.0894. The number of hydrogen-bond donors (Lipinski definition) is 2. The van der Waals surface area contributed by atoms with Gasteiger partial charge < -0.3 is 14.2 Å². The summed E-state index contributed by atoms with van der Waals surface area (Å²) in [5.41, 5.74) is 3.95. The average Bonchev–Trinajstić information content (AvgIpc) is 3.05. The number of rotatable bonds is 8. The van der Waals surface area contributed by atoms with Gasteiger partial charge in [-0.3, -0.25) is 13.9 Å². The minimum Gasteiger partial charge on any atom is -0.495 e. The summed E-state index contributed by atoms with van der Waals surface area (Å²) >= 11 is 0. The Kier molecular flexibility index (Phi) is 8.83. The topological polar surface area (TPSA) is 112 Å². The van der Waals surface area contributed by atoms with E-state index in [1.54, 1.807) is 34.6 Å². The molecule has 0 spiro atoms. The lowest BCUT2D eigenvalue weighted by atomic mass is 9.86.